The van der Waals surface area contributed by atoms with Crippen LogP contribution in [0.3, 0.4) is 0 Å². The Morgan fingerprint density at radius 1 is 1.27 bits per heavy atom. The van der Waals surface area contributed by atoms with E-state index in [1.54, 1.807) is 24.9 Å². The Balaban J connectivity index is 1.86. The molecule has 26 heavy (non-hydrogen) atoms. The number of nitrogens with zero attached hydrogens (tertiary/aromatic N) is 1. The molecule has 0 aliphatic heterocycles. The van der Waals surface area contributed by atoms with Crippen LogP contribution >= 0.6 is 11.6 Å². The fourth-order valence-corrected chi connectivity index (χ4v) is 4.09. The minimum absolute atomic E-state index is 0.0168. The molecule has 1 aromatic heterocycles. The SMILES string of the molecule is Cc1oc(CN(C)C(=O)C2(c3cccc(Cl)c3)CCCC2)cc1C(=O)O. The van der Waals surface area contributed by atoms with Gasteiger partial charge in [0.1, 0.15) is 17.1 Å². The number of aryl methyl sites for hydroxylation is 1. The van der Waals surface area contributed by atoms with Crippen molar-refractivity contribution in [2.45, 2.75) is 44.6 Å². The van der Waals surface area contributed by atoms with E-state index in [9.17, 15) is 9.59 Å². The Labute approximate surface area is 157 Å². The van der Waals surface area contributed by atoms with Gasteiger partial charge in [0, 0.05) is 12.1 Å². The predicted molar refractivity (Wildman–Crippen MR) is 98.5 cm³/mol. The minimum Gasteiger partial charge on any atom is -0.478 e. The summed E-state index contributed by atoms with van der Waals surface area (Å²) in [7, 11) is 1.73. The zero-order valence-corrected chi connectivity index (χ0v) is 15.7. The molecule has 0 spiro atoms. The Morgan fingerprint density at radius 3 is 2.54 bits per heavy atom. The van der Waals surface area contributed by atoms with Crippen LogP contribution in [0.25, 0.3) is 0 Å². The van der Waals surface area contributed by atoms with Crippen LogP contribution in [-0.4, -0.2) is 28.9 Å². The van der Waals surface area contributed by atoms with Gasteiger partial charge in [0.25, 0.3) is 0 Å². The molecule has 0 bridgehead atoms. The average Bonchev–Trinajstić information content (AvgIpc) is 3.22. The molecule has 1 heterocycles. The quantitative estimate of drug-likeness (QED) is 0.840. The van der Waals surface area contributed by atoms with Gasteiger partial charge in [0.15, 0.2) is 0 Å². The second-order valence-electron chi connectivity index (χ2n) is 6.95. The maximum absolute atomic E-state index is 13.3. The van der Waals surface area contributed by atoms with Gasteiger partial charge in [0.2, 0.25) is 5.91 Å². The lowest BCUT2D eigenvalue weighted by molar-refractivity contribution is -0.136. The fourth-order valence-electron chi connectivity index (χ4n) is 3.90. The lowest BCUT2D eigenvalue weighted by Gasteiger charge is -2.32. The van der Waals surface area contributed by atoms with Crippen LogP contribution in [0.4, 0.5) is 0 Å². The summed E-state index contributed by atoms with van der Waals surface area (Å²) in [5.41, 5.74) is 0.504. The Morgan fingerprint density at radius 2 is 1.96 bits per heavy atom. The molecule has 6 heteroatoms. The molecule has 2 aromatic rings. The number of likely N-dealkylation sites (N-methyl/N-ethyl adjacent to an activating group) is 1. The molecule has 1 N–H and O–H groups in total. The van der Waals surface area contributed by atoms with Crippen molar-refractivity contribution in [3.8, 4) is 0 Å². The third-order valence-electron chi connectivity index (χ3n) is 5.18. The number of rotatable bonds is 5. The second kappa shape index (κ2) is 7.16. The van der Waals surface area contributed by atoms with Crippen molar-refractivity contribution in [1.29, 1.82) is 0 Å². The van der Waals surface area contributed by atoms with E-state index in [1.807, 2.05) is 18.2 Å². The lowest BCUT2D eigenvalue weighted by atomic mass is 9.77. The molecule has 1 saturated carbocycles. The number of carboxylic acid groups (broad SMARTS) is 1. The third kappa shape index (κ3) is 3.36. The first kappa shape index (κ1) is 18.5. The number of carbonyl (C=O) groups is 2. The van der Waals surface area contributed by atoms with Crippen molar-refractivity contribution in [2.24, 2.45) is 0 Å². The van der Waals surface area contributed by atoms with E-state index in [4.69, 9.17) is 21.1 Å². The number of hydrogen-bond donors (Lipinski definition) is 1. The maximum Gasteiger partial charge on any atom is 0.339 e. The van der Waals surface area contributed by atoms with E-state index < -0.39 is 11.4 Å². The Hall–Kier alpha value is -2.27. The minimum atomic E-state index is -1.03. The summed E-state index contributed by atoms with van der Waals surface area (Å²) >= 11 is 6.15. The highest BCUT2D eigenvalue weighted by molar-refractivity contribution is 6.30. The molecule has 1 aliphatic carbocycles. The van der Waals surface area contributed by atoms with Crippen LogP contribution in [0, 0.1) is 6.92 Å². The van der Waals surface area contributed by atoms with Gasteiger partial charge in [-0.2, -0.15) is 0 Å². The van der Waals surface area contributed by atoms with E-state index in [-0.39, 0.29) is 18.0 Å². The highest BCUT2D eigenvalue weighted by Gasteiger charge is 2.44. The fraction of sp³-hybridized carbons (Fsp3) is 0.400. The first-order valence-electron chi connectivity index (χ1n) is 8.68. The van der Waals surface area contributed by atoms with E-state index in [2.05, 4.69) is 0 Å². The third-order valence-corrected chi connectivity index (χ3v) is 5.42. The highest BCUT2D eigenvalue weighted by atomic mass is 35.5. The van der Waals surface area contributed by atoms with Crippen molar-refractivity contribution in [3.05, 3.63) is 58.0 Å². The molecular formula is C20H22ClNO4. The summed E-state index contributed by atoms with van der Waals surface area (Å²) < 4.78 is 5.52. The number of aromatic carboxylic acids is 1. The first-order valence-corrected chi connectivity index (χ1v) is 9.05. The van der Waals surface area contributed by atoms with E-state index in [0.29, 0.717) is 16.5 Å². The number of hydrogen-bond acceptors (Lipinski definition) is 3. The summed E-state index contributed by atoms with van der Waals surface area (Å²) in [4.78, 5) is 26.1. The van der Waals surface area contributed by atoms with E-state index >= 15 is 0 Å². The van der Waals surface area contributed by atoms with Crippen LogP contribution < -0.4 is 0 Å². The molecule has 3 rings (SSSR count). The molecule has 0 atom stereocenters. The number of furan rings is 1. The van der Waals surface area contributed by atoms with Crippen molar-refractivity contribution in [1.82, 2.24) is 4.90 Å². The number of carboxylic acids is 1. The van der Waals surface area contributed by atoms with Crippen LogP contribution in [0.15, 0.2) is 34.7 Å². The number of carbonyl (C=O) groups excluding carboxylic acids is 1. The second-order valence-corrected chi connectivity index (χ2v) is 7.38. The van der Waals surface area contributed by atoms with Crippen LogP contribution in [0.2, 0.25) is 5.02 Å². The zero-order chi connectivity index (χ0) is 18.9. The predicted octanol–water partition coefficient (Wildman–Crippen LogP) is 4.41. The monoisotopic (exact) mass is 375 g/mol. The first-order chi connectivity index (χ1) is 12.3. The van der Waals surface area contributed by atoms with Gasteiger partial charge in [-0.15, -0.1) is 0 Å². The van der Waals surface area contributed by atoms with Gasteiger partial charge in [-0.1, -0.05) is 36.6 Å². The molecule has 0 radical (unpaired) electrons. The van der Waals surface area contributed by atoms with Crippen LogP contribution in [0.1, 0.15) is 53.1 Å². The molecular weight excluding hydrogens is 354 g/mol. The van der Waals surface area contributed by atoms with Gasteiger partial charge in [0.05, 0.1) is 12.0 Å². The van der Waals surface area contributed by atoms with Crippen molar-refractivity contribution in [3.63, 3.8) is 0 Å². The van der Waals surface area contributed by atoms with E-state index in [0.717, 1.165) is 31.2 Å². The number of amides is 1. The molecule has 5 nitrogen and oxygen atoms in total. The molecule has 0 saturated heterocycles. The van der Waals surface area contributed by atoms with Crippen LogP contribution in [0.5, 0.6) is 0 Å². The van der Waals surface area contributed by atoms with Gasteiger partial charge in [-0.05, 0) is 43.5 Å². The Bertz CT molecular complexity index is 836. The lowest BCUT2D eigenvalue weighted by Crippen LogP contribution is -2.43. The van der Waals surface area contributed by atoms with Gasteiger partial charge in [-0.25, -0.2) is 4.79 Å². The molecule has 1 aromatic carbocycles. The molecule has 1 amide bonds. The van der Waals surface area contributed by atoms with Gasteiger partial charge >= 0.3 is 5.97 Å². The summed E-state index contributed by atoms with van der Waals surface area (Å²) in [6, 6.07) is 9.00. The van der Waals surface area contributed by atoms with Crippen LogP contribution in [-0.2, 0) is 16.8 Å². The Kier molecular flexibility index (Phi) is 5.10. The average molecular weight is 376 g/mol. The summed E-state index contributed by atoms with van der Waals surface area (Å²) in [6.07, 6.45) is 3.56. The van der Waals surface area contributed by atoms with Crippen molar-refractivity contribution in [2.75, 3.05) is 7.05 Å². The summed E-state index contributed by atoms with van der Waals surface area (Å²) in [5.74, 6) is -0.199. The van der Waals surface area contributed by atoms with Gasteiger partial charge in [-0.3, -0.25) is 4.79 Å². The summed E-state index contributed by atoms with van der Waals surface area (Å²) in [6.45, 7) is 1.84. The molecule has 0 unspecified atom stereocenters. The smallest absolute Gasteiger partial charge is 0.339 e. The normalized spacial score (nSPS) is 15.8. The molecule has 1 fully saturated rings. The zero-order valence-electron chi connectivity index (χ0n) is 14.9. The van der Waals surface area contributed by atoms with Crippen molar-refractivity contribution < 1.29 is 19.1 Å². The molecule has 138 valence electrons. The molecule has 1 aliphatic rings. The largest absolute Gasteiger partial charge is 0.478 e. The number of halogens is 1. The standard InChI is InChI=1S/C20H22ClNO4/c1-13-17(18(23)24)11-16(26-13)12-22(2)19(25)20(8-3-4-9-20)14-6-5-7-15(21)10-14/h5-7,10-11H,3-4,8-9,12H2,1-2H3,(H,23,24). The van der Waals surface area contributed by atoms with Crippen molar-refractivity contribution >= 4 is 23.5 Å². The number of benzene rings is 1. The summed E-state index contributed by atoms with van der Waals surface area (Å²) in [5, 5.41) is 9.78. The van der Waals surface area contributed by atoms with E-state index in [1.165, 1.54) is 6.07 Å². The highest BCUT2D eigenvalue weighted by Crippen LogP contribution is 2.43. The van der Waals surface area contributed by atoms with Gasteiger partial charge < -0.3 is 14.4 Å². The topological polar surface area (TPSA) is 70.8 Å². The maximum atomic E-state index is 13.3.